The summed E-state index contributed by atoms with van der Waals surface area (Å²) < 4.78 is 0. The summed E-state index contributed by atoms with van der Waals surface area (Å²) in [4.78, 5) is 14.8. The number of hydrogen-bond acceptors (Lipinski definition) is 3. The molecule has 1 fully saturated rings. The third kappa shape index (κ3) is 3.35. The van der Waals surface area contributed by atoms with Gasteiger partial charge in [-0.05, 0) is 37.8 Å². The van der Waals surface area contributed by atoms with Crippen molar-refractivity contribution in [3.63, 3.8) is 0 Å². The summed E-state index contributed by atoms with van der Waals surface area (Å²) in [6, 6.07) is 7.38. The molecule has 1 aromatic rings. The minimum Gasteiger partial charge on any atom is -0.396 e. The number of carbonyl (C=O) groups excluding carboxylic acids is 1. The second-order valence-electron chi connectivity index (χ2n) is 5.10. The summed E-state index contributed by atoms with van der Waals surface area (Å²) in [6.07, 6.45) is 3.67. The zero-order chi connectivity index (χ0) is 14.5. The first-order valence-electron chi connectivity index (χ1n) is 6.95. The van der Waals surface area contributed by atoms with Crippen LogP contribution >= 0.6 is 12.2 Å². The highest BCUT2D eigenvalue weighted by Crippen LogP contribution is 2.23. The van der Waals surface area contributed by atoms with E-state index in [0.29, 0.717) is 10.6 Å². The quantitative estimate of drug-likeness (QED) is 0.811. The summed E-state index contributed by atoms with van der Waals surface area (Å²) in [6.45, 7) is 0.979. The Kier molecular flexibility index (Phi) is 5.09. The van der Waals surface area contributed by atoms with Gasteiger partial charge in [-0.15, -0.1) is 0 Å². The second-order valence-corrected chi connectivity index (χ2v) is 5.54. The van der Waals surface area contributed by atoms with Crippen molar-refractivity contribution in [2.75, 3.05) is 13.2 Å². The van der Waals surface area contributed by atoms with Crippen molar-refractivity contribution >= 4 is 23.1 Å². The number of rotatable bonds is 5. The van der Waals surface area contributed by atoms with Crippen LogP contribution in [0.5, 0.6) is 0 Å². The predicted molar refractivity (Wildman–Crippen MR) is 82.7 cm³/mol. The van der Waals surface area contributed by atoms with Gasteiger partial charge in [0, 0.05) is 30.3 Å². The maximum Gasteiger partial charge on any atom is 0.254 e. The average molecular weight is 292 g/mol. The lowest BCUT2D eigenvalue weighted by Gasteiger charge is -2.24. The van der Waals surface area contributed by atoms with E-state index in [9.17, 15) is 4.79 Å². The Bertz CT molecular complexity index is 487. The molecule has 1 amide bonds. The van der Waals surface area contributed by atoms with Gasteiger partial charge in [-0.25, -0.2) is 0 Å². The fourth-order valence-corrected chi connectivity index (χ4v) is 2.81. The first kappa shape index (κ1) is 14.9. The van der Waals surface area contributed by atoms with Crippen molar-refractivity contribution in [2.45, 2.75) is 31.7 Å². The van der Waals surface area contributed by atoms with Crippen molar-refractivity contribution in [2.24, 2.45) is 5.73 Å². The van der Waals surface area contributed by atoms with Crippen LogP contribution in [0, 0.1) is 0 Å². The number of aliphatic hydroxyl groups excluding tert-OH is 1. The number of likely N-dealkylation sites (tertiary alicyclic amines) is 1. The molecule has 4 nitrogen and oxygen atoms in total. The molecule has 0 spiro atoms. The van der Waals surface area contributed by atoms with Gasteiger partial charge in [0.2, 0.25) is 0 Å². The number of benzene rings is 1. The molecule has 1 aromatic carbocycles. The predicted octanol–water partition coefficient (Wildman–Crippen LogP) is 1.70. The van der Waals surface area contributed by atoms with Crippen molar-refractivity contribution in [3.8, 4) is 0 Å². The van der Waals surface area contributed by atoms with E-state index in [4.69, 9.17) is 23.1 Å². The van der Waals surface area contributed by atoms with Gasteiger partial charge in [-0.3, -0.25) is 4.79 Å². The van der Waals surface area contributed by atoms with Crippen LogP contribution in [0.2, 0.25) is 0 Å². The van der Waals surface area contributed by atoms with E-state index in [-0.39, 0.29) is 18.6 Å². The Morgan fingerprint density at radius 1 is 1.35 bits per heavy atom. The van der Waals surface area contributed by atoms with Crippen molar-refractivity contribution in [1.82, 2.24) is 4.90 Å². The molecule has 1 heterocycles. The van der Waals surface area contributed by atoms with E-state index in [1.54, 1.807) is 24.3 Å². The number of thiocarbonyl (C=S) groups is 1. The Labute approximate surface area is 124 Å². The topological polar surface area (TPSA) is 66.6 Å². The Morgan fingerprint density at radius 3 is 2.60 bits per heavy atom. The van der Waals surface area contributed by atoms with E-state index in [1.807, 2.05) is 4.90 Å². The number of nitrogens with two attached hydrogens (primary N) is 1. The summed E-state index contributed by atoms with van der Waals surface area (Å²) >= 11 is 4.90. The summed E-state index contributed by atoms with van der Waals surface area (Å²) in [5.74, 6) is 0.0555. The van der Waals surface area contributed by atoms with Gasteiger partial charge in [-0.1, -0.05) is 24.4 Å². The lowest BCUT2D eigenvalue weighted by atomic mass is 10.1. The van der Waals surface area contributed by atoms with Crippen LogP contribution in [-0.4, -0.2) is 40.1 Å². The van der Waals surface area contributed by atoms with Gasteiger partial charge in [0.15, 0.2) is 0 Å². The monoisotopic (exact) mass is 292 g/mol. The molecule has 2 rings (SSSR count). The van der Waals surface area contributed by atoms with E-state index < -0.39 is 0 Å². The molecule has 0 aromatic heterocycles. The van der Waals surface area contributed by atoms with Gasteiger partial charge in [-0.2, -0.15) is 0 Å². The number of aliphatic hydroxyl groups is 1. The average Bonchev–Trinajstić information content (AvgIpc) is 2.92. The summed E-state index contributed by atoms with van der Waals surface area (Å²) in [5.41, 5.74) is 6.99. The largest absolute Gasteiger partial charge is 0.396 e. The molecule has 0 bridgehead atoms. The van der Waals surface area contributed by atoms with E-state index in [0.717, 1.165) is 37.8 Å². The van der Waals surface area contributed by atoms with Crippen LogP contribution in [0.15, 0.2) is 24.3 Å². The standard InChI is InChI=1S/C15H20N2O2S/c16-14(20)11-5-7-12(8-6-11)15(19)17-9-1-3-13(17)4-2-10-18/h5-8,13,18H,1-4,9-10H2,(H2,16,20). The molecule has 1 atom stereocenters. The number of nitrogens with zero attached hydrogens (tertiary/aromatic N) is 1. The highest BCUT2D eigenvalue weighted by Gasteiger charge is 2.28. The normalized spacial score (nSPS) is 18.2. The molecule has 1 aliphatic heterocycles. The molecule has 0 radical (unpaired) electrons. The highest BCUT2D eigenvalue weighted by molar-refractivity contribution is 7.80. The van der Waals surface area contributed by atoms with Crippen LogP contribution in [0.1, 0.15) is 41.6 Å². The Morgan fingerprint density at radius 2 is 2.00 bits per heavy atom. The van der Waals surface area contributed by atoms with Crippen LogP contribution in [0.4, 0.5) is 0 Å². The molecule has 1 aliphatic rings. The SMILES string of the molecule is NC(=S)c1ccc(C(=O)N2CCCC2CCCO)cc1. The molecule has 0 saturated carbocycles. The maximum atomic E-state index is 12.5. The van der Waals surface area contributed by atoms with Gasteiger partial charge >= 0.3 is 0 Å². The zero-order valence-corrected chi connectivity index (χ0v) is 12.2. The van der Waals surface area contributed by atoms with Crippen molar-refractivity contribution in [1.29, 1.82) is 0 Å². The highest BCUT2D eigenvalue weighted by atomic mass is 32.1. The molecule has 0 aliphatic carbocycles. The Balaban J connectivity index is 2.07. The third-order valence-corrected chi connectivity index (χ3v) is 3.99. The van der Waals surface area contributed by atoms with Crippen molar-refractivity contribution in [3.05, 3.63) is 35.4 Å². The van der Waals surface area contributed by atoms with Gasteiger partial charge < -0.3 is 15.7 Å². The lowest BCUT2D eigenvalue weighted by Crippen LogP contribution is -2.35. The fourth-order valence-electron chi connectivity index (χ4n) is 2.67. The number of carbonyl (C=O) groups is 1. The molecule has 1 unspecified atom stereocenters. The maximum absolute atomic E-state index is 12.5. The zero-order valence-electron chi connectivity index (χ0n) is 11.4. The fraction of sp³-hybridized carbons (Fsp3) is 0.467. The van der Waals surface area contributed by atoms with Crippen LogP contribution < -0.4 is 5.73 Å². The van der Waals surface area contributed by atoms with E-state index >= 15 is 0 Å². The van der Waals surface area contributed by atoms with Crippen molar-refractivity contribution < 1.29 is 9.90 Å². The van der Waals surface area contributed by atoms with Crippen LogP contribution in [-0.2, 0) is 0 Å². The van der Waals surface area contributed by atoms with Crippen LogP contribution in [0.25, 0.3) is 0 Å². The smallest absolute Gasteiger partial charge is 0.254 e. The van der Waals surface area contributed by atoms with Gasteiger partial charge in [0.05, 0.1) is 0 Å². The first-order chi connectivity index (χ1) is 9.63. The Hall–Kier alpha value is -1.46. The molecule has 20 heavy (non-hydrogen) atoms. The molecular weight excluding hydrogens is 272 g/mol. The summed E-state index contributed by atoms with van der Waals surface area (Å²) in [7, 11) is 0. The second kappa shape index (κ2) is 6.81. The van der Waals surface area contributed by atoms with E-state index in [2.05, 4.69) is 0 Å². The third-order valence-electron chi connectivity index (χ3n) is 3.75. The lowest BCUT2D eigenvalue weighted by molar-refractivity contribution is 0.0724. The van der Waals surface area contributed by atoms with Crippen LogP contribution in [0.3, 0.4) is 0 Å². The minimum atomic E-state index is 0.0555. The number of hydrogen-bond donors (Lipinski definition) is 2. The minimum absolute atomic E-state index is 0.0555. The molecular formula is C15H20N2O2S. The van der Waals surface area contributed by atoms with Gasteiger partial charge in [0.25, 0.3) is 5.91 Å². The van der Waals surface area contributed by atoms with E-state index in [1.165, 1.54) is 0 Å². The first-order valence-corrected chi connectivity index (χ1v) is 7.36. The number of amides is 1. The summed E-state index contributed by atoms with van der Waals surface area (Å²) in [5, 5.41) is 8.92. The molecule has 108 valence electrons. The molecule has 1 saturated heterocycles. The molecule has 5 heteroatoms. The van der Waals surface area contributed by atoms with Gasteiger partial charge in [0.1, 0.15) is 4.99 Å². The molecule has 3 N–H and O–H groups in total.